The Morgan fingerprint density at radius 2 is 1.64 bits per heavy atom. The first kappa shape index (κ1) is 13.8. The van der Waals surface area contributed by atoms with Gasteiger partial charge in [0, 0.05) is 6.42 Å². The predicted octanol–water partition coefficient (Wildman–Crippen LogP) is 1.75. The van der Waals surface area contributed by atoms with E-state index in [0.29, 0.717) is 5.78 Å². The molecule has 0 saturated heterocycles. The lowest BCUT2D eigenvalue weighted by Gasteiger charge is -1.95. The van der Waals surface area contributed by atoms with Gasteiger partial charge < -0.3 is 4.79 Å². The molecule has 0 aromatic heterocycles. The summed E-state index contributed by atoms with van der Waals surface area (Å²) in [6, 6.07) is 0. The quantitative estimate of drug-likeness (QED) is 0.440. The van der Waals surface area contributed by atoms with Crippen LogP contribution in [-0.2, 0) is 4.79 Å². The highest BCUT2D eigenvalue weighted by Gasteiger charge is 1.92. The highest BCUT2D eigenvalue weighted by Crippen LogP contribution is 2.04. The maximum absolute atomic E-state index is 10.5. The third-order valence-corrected chi connectivity index (χ3v) is 1.63. The van der Waals surface area contributed by atoms with E-state index in [9.17, 15) is 4.79 Å². The Hall–Kier alpha value is 0.202. The van der Waals surface area contributed by atoms with Crippen LogP contribution in [-0.4, -0.2) is 23.1 Å². The van der Waals surface area contributed by atoms with Crippen molar-refractivity contribution in [1.82, 2.24) is 0 Å². The molecule has 0 aromatic rings. The SMILES string of the molecule is CCCCCCCC(C)=O.[AlH3]. The van der Waals surface area contributed by atoms with E-state index in [-0.39, 0.29) is 17.4 Å². The summed E-state index contributed by atoms with van der Waals surface area (Å²) >= 11 is 0. The minimum atomic E-state index is 0. The second-order valence-electron chi connectivity index (χ2n) is 2.87. The van der Waals surface area contributed by atoms with Crippen molar-refractivity contribution in [3.63, 3.8) is 0 Å². The lowest BCUT2D eigenvalue weighted by Crippen LogP contribution is -1.88. The Bertz CT molecular complexity index is 91.6. The molecular weight excluding hydrogens is 151 g/mol. The lowest BCUT2D eigenvalue weighted by molar-refractivity contribution is -0.117. The molecule has 0 aliphatic heterocycles. The van der Waals surface area contributed by atoms with Crippen LogP contribution in [0, 0.1) is 0 Å². The van der Waals surface area contributed by atoms with E-state index >= 15 is 0 Å². The molecule has 0 aliphatic carbocycles. The van der Waals surface area contributed by atoms with Gasteiger partial charge >= 0.3 is 0 Å². The van der Waals surface area contributed by atoms with E-state index in [1.165, 1.54) is 25.7 Å². The molecule has 11 heavy (non-hydrogen) atoms. The first-order valence-electron chi connectivity index (χ1n) is 4.26. The lowest BCUT2D eigenvalue weighted by atomic mass is 10.1. The van der Waals surface area contributed by atoms with Gasteiger partial charge in [-0.05, 0) is 13.3 Å². The Morgan fingerprint density at radius 1 is 1.09 bits per heavy atom. The zero-order chi connectivity index (χ0) is 7.82. The summed E-state index contributed by atoms with van der Waals surface area (Å²) in [5.74, 6) is 0.330. The van der Waals surface area contributed by atoms with E-state index in [1.54, 1.807) is 6.92 Å². The van der Waals surface area contributed by atoms with Crippen LogP contribution in [0.3, 0.4) is 0 Å². The Balaban J connectivity index is 0. The number of carbonyl (C=O) groups excluding carboxylic acids is 1. The maximum atomic E-state index is 10.5. The average Bonchev–Trinajstić information content (AvgIpc) is 1.87. The van der Waals surface area contributed by atoms with E-state index in [1.807, 2.05) is 0 Å². The van der Waals surface area contributed by atoms with Crippen LogP contribution >= 0.6 is 0 Å². The number of rotatable bonds is 6. The van der Waals surface area contributed by atoms with Crippen molar-refractivity contribution in [3.05, 3.63) is 0 Å². The Morgan fingerprint density at radius 3 is 2.09 bits per heavy atom. The van der Waals surface area contributed by atoms with Gasteiger partial charge in [0.05, 0.1) is 0 Å². The Kier molecular flexibility index (Phi) is 12.8. The minimum absolute atomic E-state index is 0. The van der Waals surface area contributed by atoms with Gasteiger partial charge in [0.15, 0.2) is 17.4 Å². The molecule has 0 saturated carbocycles. The summed E-state index contributed by atoms with van der Waals surface area (Å²) in [6.45, 7) is 3.87. The summed E-state index contributed by atoms with van der Waals surface area (Å²) in [4.78, 5) is 10.5. The fraction of sp³-hybridized carbons (Fsp3) is 0.889. The van der Waals surface area contributed by atoms with E-state index in [2.05, 4.69) is 6.92 Å². The molecule has 1 nitrogen and oxygen atoms in total. The van der Waals surface area contributed by atoms with Crippen molar-refractivity contribution in [3.8, 4) is 0 Å². The molecule has 0 unspecified atom stereocenters. The fourth-order valence-corrected chi connectivity index (χ4v) is 0.977. The van der Waals surface area contributed by atoms with Crippen LogP contribution in [0.2, 0.25) is 0 Å². The van der Waals surface area contributed by atoms with Crippen molar-refractivity contribution in [2.45, 2.75) is 52.4 Å². The summed E-state index contributed by atoms with van der Waals surface area (Å²) in [5.41, 5.74) is 0. The maximum Gasteiger partial charge on any atom is 0.187 e. The van der Waals surface area contributed by atoms with Gasteiger partial charge in [-0.1, -0.05) is 32.6 Å². The molecule has 0 aromatic carbocycles. The standard InChI is InChI=1S/C9H18O.Al.3H/c1-3-4-5-6-7-8-9(2)10;;;;/h3-8H2,1-2H3;;;;. The number of carbonyl (C=O) groups is 1. The summed E-state index contributed by atoms with van der Waals surface area (Å²) in [5, 5.41) is 0. The van der Waals surface area contributed by atoms with E-state index in [4.69, 9.17) is 0 Å². The summed E-state index contributed by atoms with van der Waals surface area (Å²) in [6.07, 6.45) is 6.99. The van der Waals surface area contributed by atoms with Crippen molar-refractivity contribution in [1.29, 1.82) is 0 Å². The number of Topliss-reactive ketones (excluding diaryl/α,β-unsaturated/α-hetero) is 1. The highest BCUT2D eigenvalue weighted by atomic mass is 27.0. The van der Waals surface area contributed by atoms with Crippen molar-refractivity contribution >= 4 is 23.1 Å². The van der Waals surface area contributed by atoms with Crippen molar-refractivity contribution < 1.29 is 4.79 Å². The third kappa shape index (κ3) is 13.2. The molecule has 0 atom stereocenters. The largest absolute Gasteiger partial charge is 0.300 e. The van der Waals surface area contributed by atoms with Gasteiger partial charge in [-0.2, -0.15) is 0 Å². The van der Waals surface area contributed by atoms with Crippen molar-refractivity contribution in [2.75, 3.05) is 0 Å². The number of hydrogen-bond acceptors (Lipinski definition) is 1. The first-order chi connectivity index (χ1) is 4.77. The van der Waals surface area contributed by atoms with Crippen LogP contribution in [0.4, 0.5) is 0 Å². The first-order valence-corrected chi connectivity index (χ1v) is 4.26. The van der Waals surface area contributed by atoms with Gasteiger partial charge in [0.2, 0.25) is 0 Å². The van der Waals surface area contributed by atoms with Crippen LogP contribution < -0.4 is 0 Å². The van der Waals surface area contributed by atoms with Gasteiger partial charge in [-0.15, -0.1) is 0 Å². The molecule has 0 bridgehead atoms. The summed E-state index contributed by atoms with van der Waals surface area (Å²) in [7, 11) is 0. The monoisotopic (exact) mass is 172 g/mol. The smallest absolute Gasteiger partial charge is 0.187 e. The Labute approximate surface area is 80.7 Å². The number of unbranched alkanes of at least 4 members (excludes halogenated alkanes) is 4. The van der Waals surface area contributed by atoms with E-state index < -0.39 is 0 Å². The highest BCUT2D eigenvalue weighted by molar-refractivity contribution is 5.75. The number of hydrogen-bond donors (Lipinski definition) is 0. The summed E-state index contributed by atoms with van der Waals surface area (Å²) < 4.78 is 0. The normalized spacial score (nSPS) is 8.91. The molecular formula is C9H21AlO. The average molecular weight is 172 g/mol. The molecule has 0 amide bonds. The molecule has 0 aliphatic rings. The molecule has 0 N–H and O–H groups in total. The minimum Gasteiger partial charge on any atom is -0.300 e. The molecule has 0 fully saturated rings. The zero-order valence-electron chi connectivity index (χ0n) is 7.15. The van der Waals surface area contributed by atoms with Crippen LogP contribution in [0.1, 0.15) is 52.4 Å². The van der Waals surface area contributed by atoms with Gasteiger partial charge in [0.1, 0.15) is 5.78 Å². The third-order valence-electron chi connectivity index (χ3n) is 1.63. The predicted molar refractivity (Wildman–Crippen MR) is 54.0 cm³/mol. The van der Waals surface area contributed by atoms with Crippen LogP contribution in [0.5, 0.6) is 0 Å². The molecule has 2 heteroatoms. The van der Waals surface area contributed by atoms with Crippen LogP contribution in [0.25, 0.3) is 0 Å². The van der Waals surface area contributed by atoms with Gasteiger partial charge in [-0.25, -0.2) is 0 Å². The molecule has 0 heterocycles. The van der Waals surface area contributed by atoms with Crippen LogP contribution in [0.15, 0.2) is 0 Å². The number of ketones is 1. The van der Waals surface area contributed by atoms with Crippen molar-refractivity contribution in [2.24, 2.45) is 0 Å². The second kappa shape index (κ2) is 10.2. The second-order valence-corrected chi connectivity index (χ2v) is 2.87. The van der Waals surface area contributed by atoms with Gasteiger partial charge in [0.25, 0.3) is 0 Å². The zero-order valence-corrected chi connectivity index (χ0v) is 7.15. The molecule has 0 rings (SSSR count). The topological polar surface area (TPSA) is 17.1 Å². The molecule has 0 radical (unpaired) electrons. The molecule has 0 spiro atoms. The molecule has 66 valence electrons. The van der Waals surface area contributed by atoms with Gasteiger partial charge in [-0.3, -0.25) is 0 Å². The van der Waals surface area contributed by atoms with E-state index in [0.717, 1.165) is 12.8 Å². The fourth-order valence-electron chi connectivity index (χ4n) is 0.977.